The van der Waals surface area contributed by atoms with Crippen LogP contribution in [0.2, 0.25) is 0 Å². The first kappa shape index (κ1) is 30.2. The van der Waals surface area contributed by atoms with Gasteiger partial charge >= 0.3 is 12.1 Å². The predicted molar refractivity (Wildman–Crippen MR) is 147 cm³/mol. The van der Waals surface area contributed by atoms with E-state index in [1.165, 1.54) is 23.2 Å². The van der Waals surface area contributed by atoms with Crippen molar-refractivity contribution in [3.05, 3.63) is 47.2 Å². The Morgan fingerprint density at radius 3 is 2.51 bits per heavy atom. The highest BCUT2D eigenvalue weighted by Gasteiger charge is 2.36. The fraction of sp³-hybridized carbons (Fsp3) is 0.444. The van der Waals surface area contributed by atoms with E-state index in [4.69, 9.17) is 10.5 Å². The number of carbonyl (C=O) groups excluding carboxylic acids is 1. The molecule has 0 bridgehead atoms. The number of nitrogens with two attached hydrogens (primary N) is 1. The Kier molecular flexibility index (Phi) is 9.10. The summed E-state index contributed by atoms with van der Waals surface area (Å²) in [5.74, 6) is -1.91. The Bertz CT molecular complexity index is 1410. The van der Waals surface area contributed by atoms with Crippen LogP contribution in [0.3, 0.4) is 0 Å². The zero-order chi connectivity index (χ0) is 29.9. The summed E-state index contributed by atoms with van der Waals surface area (Å²) >= 11 is 1.07. The number of aromatic carboxylic acids is 1. The molecule has 10 nitrogen and oxygen atoms in total. The normalized spacial score (nSPS) is 17.4. The third-order valence-corrected chi connectivity index (χ3v) is 7.77. The molecule has 2 aromatic heterocycles. The first-order valence-electron chi connectivity index (χ1n) is 13.1. The molecule has 1 aliphatic rings. The van der Waals surface area contributed by atoms with Gasteiger partial charge < -0.3 is 20.5 Å². The number of nitrogens with zero attached hydrogens (tertiary/aromatic N) is 4. The highest BCUT2D eigenvalue weighted by molar-refractivity contribution is 7.98. The number of benzene rings is 1. The number of rotatable bonds is 9. The van der Waals surface area contributed by atoms with Gasteiger partial charge in [0.2, 0.25) is 22.9 Å². The van der Waals surface area contributed by atoms with Crippen molar-refractivity contribution in [1.82, 2.24) is 20.2 Å². The van der Waals surface area contributed by atoms with Gasteiger partial charge in [0.15, 0.2) is 0 Å². The lowest BCUT2D eigenvalue weighted by Crippen LogP contribution is -2.42. The highest BCUT2D eigenvalue weighted by atomic mass is 32.2. The number of anilines is 2. The number of amides is 1. The van der Waals surface area contributed by atoms with Crippen LogP contribution in [0.25, 0.3) is 0 Å². The first-order chi connectivity index (χ1) is 19.3. The van der Waals surface area contributed by atoms with Crippen molar-refractivity contribution in [3.8, 4) is 11.6 Å². The van der Waals surface area contributed by atoms with Gasteiger partial charge in [0.1, 0.15) is 11.3 Å². The van der Waals surface area contributed by atoms with Crippen LogP contribution in [0.5, 0.6) is 11.6 Å². The molecule has 1 aliphatic carbocycles. The Balaban J connectivity index is 1.61. The largest absolute Gasteiger partial charge is 0.478 e. The lowest BCUT2D eigenvalue weighted by Gasteiger charge is -2.34. The monoisotopic (exact) mass is 592 g/mol. The van der Waals surface area contributed by atoms with Crippen molar-refractivity contribution in [2.24, 2.45) is 11.8 Å². The van der Waals surface area contributed by atoms with E-state index >= 15 is 0 Å². The predicted octanol–water partition coefficient (Wildman–Crippen LogP) is 6.15. The number of ether oxygens (including phenoxy) is 1. The van der Waals surface area contributed by atoms with Gasteiger partial charge in [0.25, 0.3) is 0 Å². The van der Waals surface area contributed by atoms with E-state index in [-0.39, 0.29) is 57.3 Å². The minimum Gasteiger partial charge on any atom is -0.478 e. The lowest BCUT2D eigenvalue weighted by molar-refractivity contribution is -0.139. The van der Waals surface area contributed by atoms with E-state index in [9.17, 15) is 27.9 Å². The Labute approximate surface area is 238 Å². The summed E-state index contributed by atoms with van der Waals surface area (Å²) in [6.07, 6.45) is -0.294. The number of nitrogen functional groups attached to an aromatic ring is 1. The van der Waals surface area contributed by atoms with Gasteiger partial charge in [0.05, 0.1) is 11.3 Å². The molecule has 1 saturated carbocycles. The minimum absolute atomic E-state index is 0.0848. The number of nitrogens with one attached hydrogen (secondary N) is 1. The molecule has 14 heteroatoms. The fourth-order valence-electron chi connectivity index (χ4n) is 4.76. The van der Waals surface area contributed by atoms with Crippen LogP contribution in [0.4, 0.5) is 24.8 Å². The molecule has 0 spiro atoms. The van der Waals surface area contributed by atoms with Crippen LogP contribution in [0, 0.1) is 11.8 Å². The van der Waals surface area contributed by atoms with Gasteiger partial charge in [0, 0.05) is 23.9 Å². The van der Waals surface area contributed by atoms with Gasteiger partial charge in [-0.15, -0.1) is 5.10 Å². The maximum atomic E-state index is 13.9. The maximum Gasteiger partial charge on any atom is 0.421 e. The summed E-state index contributed by atoms with van der Waals surface area (Å²) in [6.45, 7) is 5.72. The summed E-state index contributed by atoms with van der Waals surface area (Å²) in [5.41, 5.74) is 4.48. The third-order valence-electron chi connectivity index (χ3n) is 6.85. The van der Waals surface area contributed by atoms with Crippen molar-refractivity contribution in [1.29, 1.82) is 0 Å². The average molecular weight is 593 g/mol. The van der Waals surface area contributed by atoms with Gasteiger partial charge in [-0.2, -0.15) is 18.2 Å². The molecule has 4 rings (SSSR count). The topological polar surface area (TPSA) is 147 Å². The second kappa shape index (κ2) is 12.4. The molecule has 1 aromatic carbocycles. The zero-order valence-corrected chi connectivity index (χ0v) is 23.6. The summed E-state index contributed by atoms with van der Waals surface area (Å²) < 4.78 is 47.3. The molecule has 0 atom stereocenters. The fourth-order valence-corrected chi connectivity index (χ4v) is 5.48. The Hall–Kier alpha value is -3.81. The molecule has 0 radical (unpaired) electrons. The minimum atomic E-state index is -4.80. The molecule has 0 aliphatic heterocycles. The van der Waals surface area contributed by atoms with E-state index in [2.05, 4.69) is 27.1 Å². The summed E-state index contributed by atoms with van der Waals surface area (Å²) in [5, 5.41) is 16.5. The van der Waals surface area contributed by atoms with E-state index in [1.54, 1.807) is 13.8 Å². The molecule has 41 heavy (non-hydrogen) atoms. The smallest absolute Gasteiger partial charge is 0.421 e. The standard InChI is InChI=1S/C27H31F3N6O4S/c1-14(2)36(23(37)17-6-4-15(3)5-7-17)21-9-8-18(11-19(21)24(38)39)40-22-20(27(28,29)30)10-16(12-32-22)13-41-26-33-25(31)34-35-26/h8-12,14-15,17H,4-7,13H2,1-3H3,(H,38,39)(H3,31,33,34,35). The average Bonchev–Trinajstić information content (AvgIpc) is 3.33. The van der Waals surface area contributed by atoms with Crippen LogP contribution in [0.1, 0.15) is 67.9 Å². The molecule has 220 valence electrons. The van der Waals surface area contributed by atoms with Crippen molar-refractivity contribution in [2.45, 2.75) is 69.6 Å². The number of aromatic amines is 1. The van der Waals surface area contributed by atoms with E-state index in [1.807, 2.05) is 0 Å². The number of aromatic nitrogens is 4. The number of H-pyrrole nitrogens is 1. The Morgan fingerprint density at radius 2 is 1.93 bits per heavy atom. The SMILES string of the molecule is CC1CCC(C(=O)N(c2ccc(Oc3ncc(CSc4n[nH]c(N)n4)cc3C(F)(F)F)cc2C(=O)O)C(C)C)CC1. The molecule has 3 aromatic rings. The molecule has 2 heterocycles. The van der Waals surface area contributed by atoms with Gasteiger partial charge in [-0.3, -0.25) is 4.79 Å². The van der Waals surface area contributed by atoms with Crippen LogP contribution < -0.4 is 15.4 Å². The third kappa shape index (κ3) is 7.29. The van der Waals surface area contributed by atoms with Crippen LogP contribution >= 0.6 is 11.8 Å². The first-order valence-corrected chi connectivity index (χ1v) is 14.1. The number of carbonyl (C=O) groups is 2. The van der Waals surface area contributed by atoms with Crippen molar-refractivity contribution >= 4 is 35.3 Å². The molecule has 4 N–H and O–H groups in total. The molecule has 1 amide bonds. The number of hydrogen-bond acceptors (Lipinski definition) is 8. The zero-order valence-electron chi connectivity index (χ0n) is 22.7. The number of carboxylic acids is 1. The number of thioether (sulfide) groups is 1. The molecular formula is C27H31F3N6O4S. The number of pyridine rings is 1. The van der Waals surface area contributed by atoms with E-state index in [0.29, 0.717) is 5.92 Å². The van der Waals surface area contributed by atoms with Gasteiger partial charge in [-0.25, -0.2) is 14.9 Å². The van der Waals surface area contributed by atoms with E-state index < -0.39 is 23.6 Å². The molecule has 1 fully saturated rings. The summed E-state index contributed by atoms with van der Waals surface area (Å²) in [7, 11) is 0. The maximum absolute atomic E-state index is 13.9. The molecule has 0 saturated heterocycles. The highest BCUT2D eigenvalue weighted by Crippen LogP contribution is 2.39. The number of alkyl halides is 3. The summed E-state index contributed by atoms with van der Waals surface area (Å²) in [4.78, 5) is 35.0. The number of halogens is 3. The van der Waals surface area contributed by atoms with Crippen LogP contribution in [0.15, 0.2) is 35.6 Å². The van der Waals surface area contributed by atoms with Gasteiger partial charge in [-0.1, -0.05) is 18.7 Å². The summed E-state index contributed by atoms with van der Waals surface area (Å²) in [6, 6.07) is 4.41. The number of hydrogen-bond donors (Lipinski definition) is 3. The molecular weight excluding hydrogens is 561 g/mol. The van der Waals surface area contributed by atoms with Crippen LogP contribution in [-0.2, 0) is 16.7 Å². The van der Waals surface area contributed by atoms with Crippen molar-refractivity contribution in [2.75, 3.05) is 10.6 Å². The van der Waals surface area contributed by atoms with Crippen molar-refractivity contribution in [3.63, 3.8) is 0 Å². The Morgan fingerprint density at radius 1 is 1.22 bits per heavy atom. The van der Waals surface area contributed by atoms with Crippen molar-refractivity contribution < 1.29 is 32.6 Å². The van der Waals surface area contributed by atoms with Crippen LogP contribution in [-0.4, -0.2) is 43.2 Å². The van der Waals surface area contributed by atoms with E-state index in [0.717, 1.165) is 49.6 Å². The number of carboxylic acid groups (broad SMARTS) is 1. The molecule has 0 unspecified atom stereocenters. The quantitative estimate of drug-likeness (QED) is 0.249. The van der Waals surface area contributed by atoms with Gasteiger partial charge in [-0.05, 0) is 75.3 Å². The second-order valence-electron chi connectivity index (χ2n) is 10.3. The lowest BCUT2D eigenvalue weighted by atomic mass is 9.82. The second-order valence-corrected chi connectivity index (χ2v) is 11.3.